The van der Waals surface area contributed by atoms with Crippen LogP contribution >= 0.6 is 0 Å². The molecule has 160 valence electrons. The number of carbonyl (C=O) groups excluding carboxylic acids is 2. The van der Waals surface area contributed by atoms with Gasteiger partial charge in [-0.3, -0.25) is 9.59 Å². The first-order chi connectivity index (χ1) is 14.4. The van der Waals surface area contributed by atoms with Crippen molar-refractivity contribution in [1.29, 1.82) is 0 Å². The minimum atomic E-state index is -1.10. The zero-order valence-corrected chi connectivity index (χ0v) is 18.2. The molecular weight excluding hydrogens is 376 g/mol. The van der Waals surface area contributed by atoms with Crippen LogP contribution in [0, 0.1) is 0 Å². The van der Waals surface area contributed by atoms with E-state index in [1.165, 1.54) is 0 Å². The Labute approximate surface area is 179 Å². The summed E-state index contributed by atoms with van der Waals surface area (Å²) in [5.41, 5.74) is 2.11. The smallest absolute Gasteiger partial charge is 0.254 e. The average molecular weight is 409 g/mol. The molecule has 0 spiro atoms. The molecule has 1 N–H and O–H groups in total. The number of hydrogen-bond donors (Lipinski definition) is 1. The van der Waals surface area contributed by atoms with E-state index >= 15 is 0 Å². The molecule has 1 aliphatic rings. The van der Waals surface area contributed by atoms with E-state index in [1.807, 2.05) is 57.2 Å². The molecule has 2 aromatic carbocycles. The topological polar surface area (TPSA) is 58.6 Å². The molecule has 3 rings (SSSR count). The van der Waals surface area contributed by atoms with E-state index in [1.54, 1.807) is 4.90 Å². The van der Waals surface area contributed by atoms with Gasteiger partial charge in [0, 0.05) is 25.4 Å². The Hall–Kier alpha value is -2.66. The molecule has 2 aromatic rings. The van der Waals surface area contributed by atoms with Gasteiger partial charge in [0.15, 0.2) is 5.60 Å². The minimum absolute atomic E-state index is 0.0101. The van der Waals surface area contributed by atoms with Gasteiger partial charge in [-0.25, -0.2) is 0 Å². The van der Waals surface area contributed by atoms with Crippen LogP contribution in [-0.2, 0) is 20.7 Å². The zero-order valence-electron chi connectivity index (χ0n) is 18.2. The summed E-state index contributed by atoms with van der Waals surface area (Å²) in [5, 5.41) is 3.02. The summed E-state index contributed by atoms with van der Waals surface area (Å²) in [6, 6.07) is 18.2. The first-order valence-corrected chi connectivity index (χ1v) is 10.8. The van der Waals surface area contributed by atoms with Crippen molar-refractivity contribution < 1.29 is 14.3 Å². The molecule has 1 heterocycles. The lowest BCUT2D eigenvalue weighted by molar-refractivity contribution is -0.166. The lowest BCUT2D eigenvalue weighted by Gasteiger charge is -2.42. The molecular formula is C25H32N2O3. The van der Waals surface area contributed by atoms with Crippen LogP contribution in [0.15, 0.2) is 54.6 Å². The van der Waals surface area contributed by atoms with Crippen molar-refractivity contribution in [2.75, 3.05) is 19.7 Å². The number of hydrogen-bond acceptors (Lipinski definition) is 3. The Morgan fingerprint density at radius 1 is 1.10 bits per heavy atom. The van der Waals surface area contributed by atoms with E-state index in [-0.39, 0.29) is 24.4 Å². The first kappa shape index (κ1) is 22.0. The van der Waals surface area contributed by atoms with E-state index in [9.17, 15) is 9.59 Å². The highest BCUT2D eigenvalue weighted by atomic mass is 16.5. The molecule has 0 radical (unpaired) electrons. The number of nitrogens with zero attached hydrogens (tertiary/aromatic N) is 1. The highest BCUT2D eigenvalue weighted by Crippen LogP contribution is 2.30. The van der Waals surface area contributed by atoms with Crippen molar-refractivity contribution in [2.45, 2.75) is 51.7 Å². The van der Waals surface area contributed by atoms with E-state index in [2.05, 4.69) is 23.5 Å². The summed E-state index contributed by atoms with van der Waals surface area (Å²) in [4.78, 5) is 27.7. The molecule has 0 aliphatic carbocycles. The third-order valence-corrected chi connectivity index (χ3v) is 5.41. The van der Waals surface area contributed by atoms with Crippen molar-refractivity contribution in [1.82, 2.24) is 10.2 Å². The van der Waals surface area contributed by atoms with E-state index in [4.69, 9.17) is 4.74 Å². The normalized spacial score (nSPS) is 19.0. The highest BCUT2D eigenvalue weighted by Gasteiger charge is 2.45. The van der Waals surface area contributed by atoms with Gasteiger partial charge in [-0.05, 0) is 37.0 Å². The summed E-state index contributed by atoms with van der Waals surface area (Å²) in [5.74, 6) is -0.0757. The fraction of sp³-hybridized carbons (Fsp3) is 0.440. The molecule has 1 atom stereocenters. The number of carbonyl (C=O) groups is 2. The SMILES string of the molecule is CCCC(=O)N1CCO[C@](Cc2ccccc2-c2ccccc2)(C(=O)NC(C)C)C1. The standard InChI is InChI=1S/C25H32N2O3/c1-4-10-23(28)27-15-16-30-25(18-27,24(29)26-19(2)3)17-21-13-8-9-14-22(21)20-11-6-5-7-12-20/h5-9,11-14,19H,4,10,15-18H2,1-3H3,(H,26,29)/t25-/m0/s1. The van der Waals surface area contributed by atoms with Crippen molar-refractivity contribution in [3.63, 3.8) is 0 Å². The number of ether oxygens (including phenoxy) is 1. The fourth-order valence-corrected chi connectivity index (χ4v) is 3.97. The number of nitrogens with one attached hydrogen (secondary N) is 1. The monoisotopic (exact) mass is 408 g/mol. The summed E-state index contributed by atoms with van der Waals surface area (Å²) >= 11 is 0. The minimum Gasteiger partial charge on any atom is -0.361 e. The Bertz CT molecular complexity index is 866. The zero-order chi connectivity index (χ0) is 21.6. The van der Waals surface area contributed by atoms with Gasteiger partial charge in [0.25, 0.3) is 5.91 Å². The summed E-state index contributed by atoms with van der Waals surface area (Å²) in [6.45, 7) is 7.02. The fourth-order valence-electron chi connectivity index (χ4n) is 3.97. The van der Waals surface area contributed by atoms with Crippen LogP contribution in [0.4, 0.5) is 0 Å². The van der Waals surface area contributed by atoms with Gasteiger partial charge in [0.2, 0.25) is 5.91 Å². The van der Waals surface area contributed by atoms with Crippen LogP contribution in [0.1, 0.15) is 39.2 Å². The Morgan fingerprint density at radius 3 is 2.50 bits per heavy atom. The third kappa shape index (κ3) is 5.08. The molecule has 5 heteroatoms. The van der Waals surface area contributed by atoms with Crippen LogP contribution in [-0.4, -0.2) is 48.1 Å². The second-order valence-corrected chi connectivity index (χ2v) is 8.24. The van der Waals surface area contributed by atoms with Gasteiger partial charge in [-0.15, -0.1) is 0 Å². The Balaban J connectivity index is 1.97. The van der Waals surface area contributed by atoms with Crippen molar-refractivity contribution in [2.24, 2.45) is 0 Å². The van der Waals surface area contributed by atoms with Gasteiger partial charge in [-0.2, -0.15) is 0 Å². The lowest BCUT2D eigenvalue weighted by atomic mass is 9.87. The maximum Gasteiger partial charge on any atom is 0.254 e. The molecule has 0 unspecified atom stereocenters. The largest absolute Gasteiger partial charge is 0.361 e. The van der Waals surface area contributed by atoms with Gasteiger partial charge in [-0.1, -0.05) is 61.5 Å². The van der Waals surface area contributed by atoms with Crippen LogP contribution in [0.3, 0.4) is 0 Å². The van der Waals surface area contributed by atoms with E-state index in [0.717, 1.165) is 23.1 Å². The molecule has 1 aliphatic heterocycles. The lowest BCUT2D eigenvalue weighted by Crippen LogP contribution is -2.62. The first-order valence-electron chi connectivity index (χ1n) is 10.8. The molecule has 2 amide bonds. The highest BCUT2D eigenvalue weighted by molar-refractivity contribution is 5.88. The van der Waals surface area contributed by atoms with Crippen molar-refractivity contribution in [3.05, 3.63) is 60.2 Å². The molecule has 0 bridgehead atoms. The van der Waals surface area contributed by atoms with E-state index < -0.39 is 5.60 Å². The Kier molecular flexibility index (Phi) is 7.27. The molecule has 1 saturated heterocycles. The van der Waals surface area contributed by atoms with Gasteiger partial charge in [0.05, 0.1) is 13.2 Å². The predicted octanol–water partition coefficient (Wildman–Crippen LogP) is 3.82. The second-order valence-electron chi connectivity index (χ2n) is 8.24. The van der Waals surface area contributed by atoms with Gasteiger partial charge >= 0.3 is 0 Å². The van der Waals surface area contributed by atoms with Crippen LogP contribution in [0.5, 0.6) is 0 Å². The average Bonchev–Trinajstić information content (AvgIpc) is 2.74. The molecule has 30 heavy (non-hydrogen) atoms. The van der Waals surface area contributed by atoms with Crippen molar-refractivity contribution in [3.8, 4) is 11.1 Å². The van der Waals surface area contributed by atoms with Crippen LogP contribution in [0.2, 0.25) is 0 Å². The van der Waals surface area contributed by atoms with Crippen LogP contribution < -0.4 is 5.32 Å². The third-order valence-electron chi connectivity index (χ3n) is 5.41. The Morgan fingerprint density at radius 2 is 1.80 bits per heavy atom. The van der Waals surface area contributed by atoms with Gasteiger partial charge in [0.1, 0.15) is 0 Å². The van der Waals surface area contributed by atoms with Gasteiger partial charge < -0.3 is 15.0 Å². The molecule has 1 fully saturated rings. The second kappa shape index (κ2) is 9.90. The maximum atomic E-state index is 13.3. The van der Waals surface area contributed by atoms with Crippen molar-refractivity contribution >= 4 is 11.8 Å². The number of rotatable bonds is 7. The number of amides is 2. The van der Waals surface area contributed by atoms with E-state index in [0.29, 0.717) is 26.0 Å². The number of benzene rings is 2. The maximum absolute atomic E-state index is 13.3. The molecule has 0 saturated carbocycles. The molecule has 5 nitrogen and oxygen atoms in total. The quantitative estimate of drug-likeness (QED) is 0.758. The number of morpholine rings is 1. The summed E-state index contributed by atoms with van der Waals surface area (Å²) in [7, 11) is 0. The molecule has 0 aromatic heterocycles. The summed E-state index contributed by atoms with van der Waals surface area (Å²) < 4.78 is 6.18. The summed E-state index contributed by atoms with van der Waals surface area (Å²) in [6.07, 6.45) is 1.69. The predicted molar refractivity (Wildman–Crippen MR) is 119 cm³/mol. The van der Waals surface area contributed by atoms with Crippen LogP contribution in [0.25, 0.3) is 11.1 Å².